The van der Waals surface area contributed by atoms with Gasteiger partial charge in [-0.25, -0.2) is 0 Å². The van der Waals surface area contributed by atoms with Crippen molar-refractivity contribution in [3.63, 3.8) is 0 Å². The monoisotopic (exact) mass is 158 g/mol. The number of rotatable bonds is 5. The molecule has 52 valence electrons. The van der Waals surface area contributed by atoms with Gasteiger partial charge in [0.15, 0.2) is 0 Å². The molecule has 0 atom stereocenters. The van der Waals surface area contributed by atoms with Crippen molar-refractivity contribution >= 4 is 51.4 Å². The molecule has 0 aliphatic rings. The summed E-state index contributed by atoms with van der Waals surface area (Å²) >= 11 is 0. The number of aliphatic hydroxyl groups excluding tert-OH is 2. The van der Waals surface area contributed by atoms with Crippen LogP contribution in [-0.4, -0.2) is 74.8 Å². The zero-order valence-electron chi connectivity index (χ0n) is 5.14. The fraction of sp³-hybridized carbons (Fsp3) is 1.00. The topological polar surface area (TPSA) is 40.5 Å². The normalized spacial score (nSPS) is 8.67. The van der Waals surface area contributed by atoms with Crippen molar-refractivity contribution in [1.29, 1.82) is 0 Å². The van der Waals surface area contributed by atoms with Crippen molar-refractivity contribution in [1.82, 2.24) is 0 Å². The van der Waals surface area contributed by atoms with Crippen molar-refractivity contribution in [3.8, 4) is 0 Å². The van der Waals surface area contributed by atoms with E-state index in [9.17, 15) is 0 Å². The van der Waals surface area contributed by atoms with E-state index >= 15 is 0 Å². The fourth-order valence-corrected chi connectivity index (χ4v) is 0.577. The van der Waals surface area contributed by atoms with Crippen LogP contribution in [0.1, 0.15) is 25.7 Å². The van der Waals surface area contributed by atoms with Crippen LogP contribution in [0.5, 0.6) is 0 Å². The van der Waals surface area contributed by atoms with Crippen molar-refractivity contribution in [2.45, 2.75) is 25.7 Å². The van der Waals surface area contributed by atoms with Crippen LogP contribution >= 0.6 is 0 Å². The van der Waals surface area contributed by atoms with Gasteiger partial charge in [0.2, 0.25) is 0 Å². The molecule has 0 unspecified atom stereocenters. The van der Waals surface area contributed by atoms with Gasteiger partial charge in [-0.05, 0) is 12.8 Å². The summed E-state index contributed by atoms with van der Waals surface area (Å²) < 4.78 is 0. The molecule has 0 saturated carbocycles. The summed E-state index contributed by atoms with van der Waals surface area (Å²) in [7, 11) is 0. The Morgan fingerprint density at radius 1 is 0.667 bits per heavy atom. The van der Waals surface area contributed by atoms with E-state index < -0.39 is 0 Å². The number of unbranched alkanes of at least 4 members (excludes halogenated alkanes) is 3. The molecule has 0 aliphatic heterocycles. The van der Waals surface area contributed by atoms with E-state index in [2.05, 4.69) is 0 Å². The molecule has 0 aromatic rings. The molecule has 0 heterocycles. The Labute approximate surface area is 99.1 Å². The van der Waals surface area contributed by atoms with Gasteiger partial charge < -0.3 is 10.2 Å². The maximum absolute atomic E-state index is 8.30. The molecule has 0 aliphatic carbocycles. The first-order chi connectivity index (χ1) is 3.91. The van der Waals surface area contributed by atoms with E-state index in [0.29, 0.717) is 0 Å². The molecule has 2 nitrogen and oxygen atoms in total. The Hall–Kier alpha value is 1.56. The third-order valence-electron chi connectivity index (χ3n) is 1.07. The summed E-state index contributed by atoms with van der Waals surface area (Å²) in [6, 6.07) is 0. The van der Waals surface area contributed by atoms with Crippen LogP contribution in [0.3, 0.4) is 0 Å². The molecular formula is C6H15KO2. The van der Waals surface area contributed by atoms with E-state index in [-0.39, 0.29) is 64.6 Å². The molecule has 0 aromatic carbocycles. The summed E-state index contributed by atoms with van der Waals surface area (Å²) in [6.07, 6.45) is 3.83. The molecule has 0 aromatic heterocycles. The second-order valence-corrected chi connectivity index (χ2v) is 1.86. The second kappa shape index (κ2) is 12.3. The average molecular weight is 158 g/mol. The van der Waals surface area contributed by atoms with Gasteiger partial charge in [0.05, 0.1) is 0 Å². The van der Waals surface area contributed by atoms with Crippen LogP contribution in [0.2, 0.25) is 0 Å². The van der Waals surface area contributed by atoms with Crippen molar-refractivity contribution in [2.75, 3.05) is 13.2 Å². The molecule has 0 rings (SSSR count). The SMILES string of the molecule is OCCCCCCO.[KH]. The first-order valence-electron chi connectivity index (χ1n) is 3.13. The summed E-state index contributed by atoms with van der Waals surface area (Å²) in [5.74, 6) is 0. The number of hydrogen-bond donors (Lipinski definition) is 2. The molecule has 0 fully saturated rings. The molecule has 0 spiro atoms. The van der Waals surface area contributed by atoms with Gasteiger partial charge in [0, 0.05) is 13.2 Å². The van der Waals surface area contributed by atoms with Gasteiger partial charge in [-0.3, -0.25) is 0 Å². The molecular weight excluding hydrogens is 143 g/mol. The average Bonchev–Trinajstić information content (AvgIpc) is 1.81. The molecule has 0 saturated heterocycles. The van der Waals surface area contributed by atoms with Crippen LogP contribution in [0.4, 0.5) is 0 Å². The molecule has 9 heavy (non-hydrogen) atoms. The zero-order chi connectivity index (χ0) is 6.24. The van der Waals surface area contributed by atoms with Gasteiger partial charge in [0.25, 0.3) is 0 Å². The third-order valence-corrected chi connectivity index (χ3v) is 1.07. The molecule has 0 radical (unpaired) electrons. The molecule has 3 heteroatoms. The van der Waals surface area contributed by atoms with E-state index in [0.717, 1.165) is 25.7 Å². The molecule has 2 N–H and O–H groups in total. The van der Waals surface area contributed by atoms with Gasteiger partial charge in [-0.1, -0.05) is 12.8 Å². The Morgan fingerprint density at radius 3 is 1.22 bits per heavy atom. The van der Waals surface area contributed by atoms with E-state index in [4.69, 9.17) is 10.2 Å². The predicted octanol–water partition coefficient (Wildman–Crippen LogP) is -0.117. The zero-order valence-corrected chi connectivity index (χ0v) is 5.14. The van der Waals surface area contributed by atoms with Gasteiger partial charge in [-0.15, -0.1) is 0 Å². The van der Waals surface area contributed by atoms with Gasteiger partial charge in [0.1, 0.15) is 0 Å². The van der Waals surface area contributed by atoms with Crippen LogP contribution < -0.4 is 0 Å². The summed E-state index contributed by atoms with van der Waals surface area (Å²) in [5, 5.41) is 16.6. The Kier molecular flexibility index (Phi) is 17.9. The van der Waals surface area contributed by atoms with E-state index in [1.807, 2.05) is 0 Å². The quantitative estimate of drug-likeness (QED) is 0.433. The van der Waals surface area contributed by atoms with Crippen LogP contribution in [0, 0.1) is 0 Å². The minimum atomic E-state index is 0. The van der Waals surface area contributed by atoms with E-state index in [1.54, 1.807) is 0 Å². The van der Waals surface area contributed by atoms with Crippen molar-refractivity contribution in [2.24, 2.45) is 0 Å². The summed E-state index contributed by atoms with van der Waals surface area (Å²) in [6.45, 7) is 0.566. The molecule has 0 amide bonds. The predicted molar refractivity (Wildman–Crippen MR) is 39.8 cm³/mol. The third kappa shape index (κ3) is 12.7. The first-order valence-corrected chi connectivity index (χ1v) is 3.13. The van der Waals surface area contributed by atoms with Crippen LogP contribution in [-0.2, 0) is 0 Å². The summed E-state index contributed by atoms with van der Waals surface area (Å²) in [5.41, 5.74) is 0. The van der Waals surface area contributed by atoms with Gasteiger partial charge in [-0.2, -0.15) is 0 Å². The van der Waals surface area contributed by atoms with Crippen molar-refractivity contribution < 1.29 is 10.2 Å². The number of hydrogen-bond acceptors (Lipinski definition) is 2. The van der Waals surface area contributed by atoms with Crippen molar-refractivity contribution in [3.05, 3.63) is 0 Å². The second-order valence-electron chi connectivity index (χ2n) is 1.86. The maximum atomic E-state index is 8.30. The Balaban J connectivity index is 0. The standard InChI is InChI=1S/C6H14O2.K.H/c7-5-3-1-2-4-6-8;;/h7-8H,1-6H2;;. The van der Waals surface area contributed by atoms with Crippen LogP contribution in [0.15, 0.2) is 0 Å². The van der Waals surface area contributed by atoms with E-state index in [1.165, 1.54) is 0 Å². The minimum absolute atomic E-state index is 0. The van der Waals surface area contributed by atoms with Gasteiger partial charge >= 0.3 is 51.4 Å². The molecule has 0 bridgehead atoms. The first kappa shape index (κ1) is 13.2. The fourth-order valence-electron chi connectivity index (χ4n) is 0.577. The van der Waals surface area contributed by atoms with Crippen LogP contribution in [0.25, 0.3) is 0 Å². The number of aliphatic hydroxyl groups is 2. The Morgan fingerprint density at radius 2 is 1.00 bits per heavy atom. The summed E-state index contributed by atoms with van der Waals surface area (Å²) in [4.78, 5) is 0. The Bertz CT molecular complexity index is 36.0.